The molecule has 1 aromatic rings. The lowest BCUT2D eigenvalue weighted by Gasteiger charge is -2.41. The number of carbonyl (C=O) groups excluding carboxylic acids is 1. The van der Waals surface area contributed by atoms with Gasteiger partial charge in [0.15, 0.2) is 0 Å². The Morgan fingerprint density at radius 3 is 2.62 bits per heavy atom. The Bertz CT molecular complexity index is 575. The standard InChI is InChI=1S/C18H25ClN2O3/c1-2-24-17-6-3-12(11-14(17)19)18(22)21-16-5-4-15(16)20-13-7-9-23-10-8-13/h3,6,11,13,15-16,20H,2,4-5,7-10H2,1H3,(H,21,22)/t15-,16+/m0/s1. The summed E-state index contributed by atoms with van der Waals surface area (Å²) in [5.74, 6) is 0.529. The number of amides is 1. The van der Waals surface area contributed by atoms with E-state index in [9.17, 15) is 4.79 Å². The minimum absolute atomic E-state index is 0.0802. The van der Waals surface area contributed by atoms with Gasteiger partial charge in [-0.3, -0.25) is 4.79 Å². The van der Waals surface area contributed by atoms with Crippen LogP contribution in [0.4, 0.5) is 0 Å². The molecule has 2 atom stereocenters. The summed E-state index contributed by atoms with van der Waals surface area (Å²) in [5, 5.41) is 7.25. The third kappa shape index (κ3) is 4.21. The zero-order chi connectivity index (χ0) is 16.9. The van der Waals surface area contributed by atoms with Gasteiger partial charge in [-0.05, 0) is 50.8 Å². The molecular weight excluding hydrogens is 328 g/mol. The van der Waals surface area contributed by atoms with Gasteiger partial charge in [0.2, 0.25) is 0 Å². The third-order valence-corrected chi connectivity index (χ3v) is 5.05. The number of nitrogens with one attached hydrogen (secondary N) is 2. The average Bonchev–Trinajstić information content (AvgIpc) is 2.59. The normalized spacial score (nSPS) is 24.2. The summed E-state index contributed by atoms with van der Waals surface area (Å²) in [5.41, 5.74) is 0.570. The summed E-state index contributed by atoms with van der Waals surface area (Å²) >= 11 is 6.16. The van der Waals surface area contributed by atoms with Gasteiger partial charge in [0.1, 0.15) is 5.75 Å². The summed E-state index contributed by atoms with van der Waals surface area (Å²) in [4.78, 5) is 12.4. The van der Waals surface area contributed by atoms with E-state index in [1.165, 1.54) is 0 Å². The van der Waals surface area contributed by atoms with Crippen LogP contribution in [0.1, 0.15) is 43.0 Å². The molecular formula is C18H25ClN2O3. The highest BCUT2D eigenvalue weighted by Crippen LogP contribution is 2.26. The van der Waals surface area contributed by atoms with Crippen LogP contribution >= 0.6 is 11.6 Å². The number of rotatable bonds is 6. The molecule has 1 saturated carbocycles. The second-order valence-electron chi connectivity index (χ2n) is 6.40. The maximum atomic E-state index is 12.4. The molecule has 6 heteroatoms. The third-order valence-electron chi connectivity index (χ3n) is 4.76. The van der Waals surface area contributed by atoms with E-state index in [0.29, 0.717) is 35.0 Å². The van der Waals surface area contributed by atoms with Crippen LogP contribution in [0.25, 0.3) is 0 Å². The molecule has 0 unspecified atom stereocenters. The number of hydrogen-bond acceptors (Lipinski definition) is 4. The second-order valence-corrected chi connectivity index (χ2v) is 6.80. The van der Waals surface area contributed by atoms with Crippen LogP contribution < -0.4 is 15.4 Å². The second kappa shape index (κ2) is 8.19. The van der Waals surface area contributed by atoms with E-state index in [0.717, 1.165) is 38.9 Å². The molecule has 1 aliphatic heterocycles. The zero-order valence-corrected chi connectivity index (χ0v) is 14.8. The molecule has 3 rings (SSSR count). The quantitative estimate of drug-likeness (QED) is 0.826. The van der Waals surface area contributed by atoms with E-state index < -0.39 is 0 Å². The van der Waals surface area contributed by atoms with Crippen molar-refractivity contribution in [1.82, 2.24) is 10.6 Å². The molecule has 0 aromatic heterocycles. The van der Waals surface area contributed by atoms with Gasteiger partial charge >= 0.3 is 0 Å². The van der Waals surface area contributed by atoms with E-state index in [2.05, 4.69) is 10.6 Å². The lowest BCUT2D eigenvalue weighted by Crippen LogP contribution is -2.59. The largest absolute Gasteiger partial charge is 0.492 e. The molecule has 1 heterocycles. The van der Waals surface area contributed by atoms with E-state index in [-0.39, 0.29) is 11.9 Å². The maximum Gasteiger partial charge on any atom is 0.251 e. The molecule has 5 nitrogen and oxygen atoms in total. The van der Waals surface area contributed by atoms with Crippen molar-refractivity contribution in [3.8, 4) is 5.75 Å². The topological polar surface area (TPSA) is 59.6 Å². The summed E-state index contributed by atoms with van der Waals surface area (Å²) in [6.45, 7) is 4.10. The summed E-state index contributed by atoms with van der Waals surface area (Å²) in [6, 6.07) is 6.22. The SMILES string of the molecule is CCOc1ccc(C(=O)N[C@@H]2CC[C@@H]2NC2CCOCC2)cc1Cl. The Kier molecular flexibility index (Phi) is 5.98. The Labute approximate surface area is 148 Å². The first kappa shape index (κ1) is 17.5. The molecule has 2 aliphatic rings. The monoisotopic (exact) mass is 352 g/mol. The molecule has 2 fully saturated rings. The van der Waals surface area contributed by atoms with Crippen molar-refractivity contribution in [3.63, 3.8) is 0 Å². The fourth-order valence-corrected chi connectivity index (χ4v) is 3.44. The van der Waals surface area contributed by atoms with Crippen molar-refractivity contribution < 1.29 is 14.3 Å². The van der Waals surface area contributed by atoms with Crippen LogP contribution in [0.3, 0.4) is 0 Å². The van der Waals surface area contributed by atoms with E-state index in [1.54, 1.807) is 18.2 Å². The molecule has 0 bridgehead atoms. The average molecular weight is 353 g/mol. The van der Waals surface area contributed by atoms with Crippen LogP contribution in [0.15, 0.2) is 18.2 Å². The van der Waals surface area contributed by atoms with Crippen LogP contribution in [0, 0.1) is 0 Å². The first-order valence-corrected chi connectivity index (χ1v) is 9.12. The van der Waals surface area contributed by atoms with Crippen molar-refractivity contribution in [2.45, 2.75) is 50.7 Å². The molecule has 2 N–H and O–H groups in total. The number of ether oxygens (including phenoxy) is 2. The van der Waals surface area contributed by atoms with Crippen LogP contribution in [-0.2, 0) is 4.74 Å². The highest BCUT2D eigenvalue weighted by atomic mass is 35.5. The molecule has 0 spiro atoms. The van der Waals surface area contributed by atoms with Crippen molar-refractivity contribution in [3.05, 3.63) is 28.8 Å². The van der Waals surface area contributed by atoms with E-state index >= 15 is 0 Å². The van der Waals surface area contributed by atoms with Gasteiger partial charge in [-0.1, -0.05) is 11.6 Å². The summed E-state index contributed by atoms with van der Waals surface area (Å²) in [6.07, 6.45) is 4.21. The highest BCUT2D eigenvalue weighted by molar-refractivity contribution is 6.32. The van der Waals surface area contributed by atoms with Gasteiger partial charge in [-0.25, -0.2) is 0 Å². The lowest BCUT2D eigenvalue weighted by molar-refractivity contribution is 0.0652. The van der Waals surface area contributed by atoms with Crippen LogP contribution in [-0.4, -0.2) is 43.9 Å². The Morgan fingerprint density at radius 1 is 1.25 bits per heavy atom. The molecule has 132 valence electrons. The Balaban J connectivity index is 1.53. The highest BCUT2D eigenvalue weighted by Gasteiger charge is 2.34. The predicted molar refractivity (Wildman–Crippen MR) is 93.9 cm³/mol. The summed E-state index contributed by atoms with van der Waals surface area (Å²) < 4.78 is 10.8. The van der Waals surface area contributed by atoms with Gasteiger partial charge in [-0.2, -0.15) is 0 Å². The van der Waals surface area contributed by atoms with Crippen molar-refractivity contribution in [1.29, 1.82) is 0 Å². The van der Waals surface area contributed by atoms with E-state index in [1.807, 2.05) is 6.92 Å². The van der Waals surface area contributed by atoms with Gasteiger partial charge in [0.05, 0.1) is 11.6 Å². The smallest absolute Gasteiger partial charge is 0.251 e. The minimum atomic E-state index is -0.0802. The molecule has 1 amide bonds. The Hall–Kier alpha value is -1.30. The molecule has 1 aliphatic carbocycles. The zero-order valence-electron chi connectivity index (χ0n) is 14.0. The molecule has 0 radical (unpaired) electrons. The van der Waals surface area contributed by atoms with Crippen LogP contribution in [0.2, 0.25) is 5.02 Å². The van der Waals surface area contributed by atoms with Gasteiger partial charge in [0.25, 0.3) is 5.91 Å². The number of carbonyl (C=O) groups is 1. The van der Waals surface area contributed by atoms with Crippen LogP contribution in [0.5, 0.6) is 5.75 Å². The van der Waals surface area contributed by atoms with Crippen molar-refractivity contribution in [2.24, 2.45) is 0 Å². The first-order chi connectivity index (χ1) is 11.7. The number of benzene rings is 1. The van der Waals surface area contributed by atoms with Gasteiger partial charge in [-0.15, -0.1) is 0 Å². The first-order valence-electron chi connectivity index (χ1n) is 8.74. The van der Waals surface area contributed by atoms with Gasteiger partial charge in [0, 0.05) is 36.9 Å². The number of hydrogen-bond donors (Lipinski definition) is 2. The maximum absolute atomic E-state index is 12.4. The molecule has 1 saturated heterocycles. The number of halogens is 1. The van der Waals surface area contributed by atoms with E-state index in [4.69, 9.17) is 21.1 Å². The van der Waals surface area contributed by atoms with Gasteiger partial charge < -0.3 is 20.1 Å². The Morgan fingerprint density at radius 2 is 2.00 bits per heavy atom. The minimum Gasteiger partial charge on any atom is -0.492 e. The lowest BCUT2D eigenvalue weighted by atomic mass is 9.85. The fraction of sp³-hybridized carbons (Fsp3) is 0.611. The van der Waals surface area contributed by atoms with Crippen molar-refractivity contribution >= 4 is 17.5 Å². The molecule has 24 heavy (non-hydrogen) atoms. The fourth-order valence-electron chi connectivity index (χ4n) is 3.21. The summed E-state index contributed by atoms with van der Waals surface area (Å²) in [7, 11) is 0. The van der Waals surface area contributed by atoms with Crippen molar-refractivity contribution in [2.75, 3.05) is 19.8 Å². The molecule has 1 aromatic carbocycles. The predicted octanol–water partition coefficient (Wildman–Crippen LogP) is 2.77.